The fourth-order valence-electron chi connectivity index (χ4n) is 1.75. The molecule has 0 spiro atoms. The lowest BCUT2D eigenvalue weighted by molar-refractivity contribution is -0.138. The van der Waals surface area contributed by atoms with Gasteiger partial charge in [0, 0.05) is 32.7 Å². The van der Waals surface area contributed by atoms with Crippen molar-refractivity contribution in [3.63, 3.8) is 0 Å². The normalized spacial score (nSPS) is 16.2. The average Bonchev–Trinajstić information content (AvgIpc) is 2.28. The number of amides is 2. The number of carbonyl (C=O) groups excluding carboxylic acids is 1. The van der Waals surface area contributed by atoms with Gasteiger partial charge < -0.3 is 15.3 Å². The van der Waals surface area contributed by atoms with Gasteiger partial charge in [0.25, 0.3) is 0 Å². The van der Waals surface area contributed by atoms with Crippen molar-refractivity contribution in [1.29, 1.82) is 0 Å². The highest BCUT2D eigenvalue weighted by atomic mass is 16.4. The van der Waals surface area contributed by atoms with Crippen LogP contribution in [0.1, 0.15) is 13.8 Å². The monoisotopic (exact) mass is 255 g/mol. The number of piperazine rings is 1. The van der Waals surface area contributed by atoms with Gasteiger partial charge in [0.1, 0.15) is 0 Å². The quantitative estimate of drug-likeness (QED) is 0.712. The number of urea groups is 1. The van der Waals surface area contributed by atoms with Gasteiger partial charge in [0.05, 0.1) is 6.54 Å². The Balaban J connectivity index is 2.27. The van der Waals surface area contributed by atoms with Gasteiger partial charge in [-0.05, 0) is 13.8 Å². The number of aliphatic carboxylic acids is 1. The molecule has 1 rings (SSSR count). The third-order valence-electron chi connectivity index (χ3n) is 2.78. The summed E-state index contributed by atoms with van der Waals surface area (Å²) < 4.78 is 0. The number of hydrogen-bond acceptors (Lipinski definition) is 3. The first-order chi connectivity index (χ1) is 8.49. The topological polar surface area (TPSA) is 72.9 Å². The summed E-state index contributed by atoms with van der Waals surface area (Å²) in [4.78, 5) is 25.9. The highest BCUT2D eigenvalue weighted by Crippen LogP contribution is 2.01. The number of allylic oxidation sites excluding steroid dienone is 1. The lowest BCUT2D eigenvalue weighted by Crippen LogP contribution is -2.52. The molecule has 1 fully saturated rings. The van der Waals surface area contributed by atoms with Crippen LogP contribution in [0.5, 0.6) is 0 Å². The van der Waals surface area contributed by atoms with E-state index in [-0.39, 0.29) is 12.6 Å². The standard InChI is InChI=1S/C12H21N3O3/c1-10(2)3-4-13-12(18)15-7-5-14(6-8-15)9-11(16)17/h3H,4-9H2,1-2H3,(H,13,18)(H,16,17). The van der Waals surface area contributed by atoms with Crippen LogP contribution in [0.2, 0.25) is 0 Å². The molecule has 0 aliphatic carbocycles. The number of nitrogens with one attached hydrogen (secondary N) is 1. The summed E-state index contributed by atoms with van der Waals surface area (Å²) in [6, 6.07) is -0.0810. The van der Waals surface area contributed by atoms with Crippen LogP contribution in [0.15, 0.2) is 11.6 Å². The van der Waals surface area contributed by atoms with Crippen LogP contribution >= 0.6 is 0 Å². The Hall–Kier alpha value is -1.56. The molecule has 0 aromatic heterocycles. The Bertz CT molecular complexity index is 329. The molecule has 2 amide bonds. The van der Waals surface area contributed by atoms with E-state index in [9.17, 15) is 9.59 Å². The summed E-state index contributed by atoms with van der Waals surface area (Å²) in [6.45, 7) is 6.93. The van der Waals surface area contributed by atoms with E-state index in [0.717, 1.165) is 0 Å². The number of carbonyl (C=O) groups is 2. The molecule has 0 unspecified atom stereocenters. The highest BCUT2D eigenvalue weighted by Gasteiger charge is 2.21. The van der Waals surface area contributed by atoms with Gasteiger partial charge in [-0.25, -0.2) is 4.79 Å². The van der Waals surface area contributed by atoms with Gasteiger partial charge in [0.2, 0.25) is 0 Å². The highest BCUT2D eigenvalue weighted by molar-refractivity contribution is 5.74. The van der Waals surface area contributed by atoms with E-state index in [1.807, 2.05) is 24.8 Å². The molecule has 6 nitrogen and oxygen atoms in total. The summed E-state index contributed by atoms with van der Waals surface area (Å²) >= 11 is 0. The fourth-order valence-corrected chi connectivity index (χ4v) is 1.75. The Morgan fingerprint density at radius 3 is 2.33 bits per heavy atom. The molecule has 2 N–H and O–H groups in total. The van der Waals surface area contributed by atoms with Crippen LogP contribution in [0.25, 0.3) is 0 Å². The van der Waals surface area contributed by atoms with Crippen LogP contribution in [0.4, 0.5) is 4.79 Å². The first-order valence-corrected chi connectivity index (χ1v) is 6.09. The molecule has 0 aromatic rings. The second kappa shape index (κ2) is 7.00. The molecule has 18 heavy (non-hydrogen) atoms. The van der Waals surface area contributed by atoms with E-state index in [1.54, 1.807) is 4.90 Å². The van der Waals surface area contributed by atoms with Crippen LogP contribution in [0, 0.1) is 0 Å². The van der Waals surface area contributed by atoms with Crippen molar-refractivity contribution >= 4 is 12.0 Å². The lowest BCUT2D eigenvalue weighted by atomic mass is 10.3. The average molecular weight is 255 g/mol. The van der Waals surface area contributed by atoms with E-state index in [0.29, 0.717) is 32.7 Å². The molecule has 0 atom stereocenters. The number of carboxylic acids is 1. The summed E-state index contributed by atoms with van der Waals surface area (Å²) in [5, 5.41) is 11.5. The first kappa shape index (κ1) is 14.5. The van der Waals surface area contributed by atoms with Gasteiger partial charge in [-0.2, -0.15) is 0 Å². The molecule has 0 radical (unpaired) electrons. The van der Waals surface area contributed by atoms with Gasteiger partial charge in [-0.15, -0.1) is 0 Å². The van der Waals surface area contributed by atoms with Crippen LogP contribution < -0.4 is 5.32 Å². The summed E-state index contributed by atoms with van der Waals surface area (Å²) in [6.07, 6.45) is 1.96. The molecule has 6 heteroatoms. The van der Waals surface area contributed by atoms with E-state index >= 15 is 0 Å². The van der Waals surface area contributed by atoms with Crippen molar-refractivity contribution < 1.29 is 14.7 Å². The van der Waals surface area contributed by atoms with Crippen LogP contribution in [0.3, 0.4) is 0 Å². The molecule has 102 valence electrons. The SMILES string of the molecule is CC(C)=CCNC(=O)N1CCN(CC(=O)O)CC1. The molecule has 0 saturated carbocycles. The maximum absolute atomic E-state index is 11.8. The van der Waals surface area contributed by atoms with Crippen LogP contribution in [-0.2, 0) is 4.79 Å². The number of carboxylic acid groups (broad SMARTS) is 1. The maximum atomic E-state index is 11.8. The number of hydrogen-bond donors (Lipinski definition) is 2. The Morgan fingerprint density at radius 2 is 1.83 bits per heavy atom. The summed E-state index contributed by atoms with van der Waals surface area (Å²) in [7, 11) is 0. The zero-order valence-corrected chi connectivity index (χ0v) is 11.0. The van der Waals surface area contributed by atoms with Crippen molar-refractivity contribution in [3.05, 3.63) is 11.6 Å². The van der Waals surface area contributed by atoms with Gasteiger partial charge in [-0.1, -0.05) is 11.6 Å². The molecular weight excluding hydrogens is 234 g/mol. The fraction of sp³-hybridized carbons (Fsp3) is 0.667. The first-order valence-electron chi connectivity index (χ1n) is 6.09. The van der Waals surface area contributed by atoms with Crippen LogP contribution in [-0.4, -0.2) is 66.2 Å². The predicted molar refractivity (Wildman–Crippen MR) is 68.5 cm³/mol. The Kier molecular flexibility index (Phi) is 5.64. The molecule has 1 saturated heterocycles. The van der Waals surface area contributed by atoms with Crippen molar-refractivity contribution in [2.45, 2.75) is 13.8 Å². The lowest BCUT2D eigenvalue weighted by Gasteiger charge is -2.33. The smallest absolute Gasteiger partial charge is 0.317 e. The molecule has 0 bridgehead atoms. The van der Waals surface area contributed by atoms with Crippen molar-refractivity contribution in [1.82, 2.24) is 15.1 Å². The van der Waals surface area contributed by atoms with Gasteiger partial charge >= 0.3 is 12.0 Å². The Morgan fingerprint density at radius 1 is 1.22 bits per heavy atom. The van der Waals surface area contributed by atoms with E-state index in [2.05, 4.69) is 5.32 Å². The molecule has 1 aliphatic rings. The third-order valence-corrected chi connectivity index (χ3v) is 2.78. The minimum Gasteiger partial charge on any atom is -0.480 e. The zero-order chi connectivity index (χ0) is 13.5. The van der Waals surface area contributed by atoms with E-state index < -0.39 is 5.97 Å². The summed E-state index contributed by atoms with van der Waals surface area (Å²) in [5.41, 5.74) is 1.17. The molecule has 1 heterocycles. The second-order valence-corrected chi connectivity index (χ2v) is 4.62. The maximum Gasteiger partial charge on any atom is 0.317 e. The molecule has 0 aromatic carbocycles. The van der Waals surface area contributed by atoms with Gasteiger partial charge in [0.15, 0.2) is 0 Å². The zero-order valence-electron chi connectivity index (χ0n) is 11.0. The number of nitrogens with zero attached hydrogens (tertiary/aromatic N) is 2. The minimum absolute atomic E-state index is 0.0488. The van der Waals surface area contributed by atoms with Crippen molar-refractivity contribution in [2.75, 3.05) is 39.3 Å². The predicted octanol–water partition coefficient (Wildman–Crippen LogP) is 0.364. The van der Waals surface area contributed by atoms with E-state index in [1.165, 1.54) is 5.57 Å². The number of rotatable bonds is 4. The third kappa shape index (κ3) is 5.18. The largest absolute Gasteiger partial charge is 0.480 e. The summed E-state index contributed by atoms with van der Waals surface area (Å²) in [5.74, 6) is -0.823. The second-order valence-electron chi connectivity index (χ2n) is 4.62. The van der Waals surface area contributed by atoms with Gasteiger partial charge in [-0.3, -0.25) is 9.69 Å². The van der Waals surface area contributed by atoms with Crippen molar-refractivity contribution in [2.24, 2.45) is 0 Å². The van der Waals surface area contributed by atoms with E-state index in [4.69, 9.17) is 5.11 Å². The molecular formula is C12H21N3O3. The Labute approximate surface area is 107 Å². The van der Waals surface area contributed by atoms with Crippen molar-refractivity contribution in [3.8, 4) is 0 Å². The minimum atomic E-state index is -0.823. The molecule has 1 aliphatic heterocycles.